The number of nitrogens with zero attached hydrogens (tertiary/aromatic N) is 5. The van der Waals surface area contributed by atoms with Crippen molar-refractivity contribution in [2.75, 3.05) is 6.61 Å². The monoisotopic (exact) mass is 402 g/mol. The molecule has 3 aromatic rings. The molecule has 0 aliphatic carbocycles. The lowest BCUT2D eigenvalue weighted by Crippen LogP contribution is -2.47. The maximum Gasteiger partial charge on any atom is 0.238 e. The largest absolute Gasteiger partial charge is 0.370 e. The Labute approximate surface area is 165 Å². The summed E-state index contributed by atoms with van der Waals surface area (Å²) in [6.45, 7) is 1.73. The highest BCUT2D eigenvalue weighted by molar-refractivity contribution is 5.46. The van der Waals surface area contributed by atoms with E-state index in [0.717, 1.165) is 29.6 Å². The predicted molar refractivity (Wildman–Crippen MR) is 97.2 cm³/mol. The molecule has 1 fully saturated rings. The molecule has 2 aliphatic heterocycles. The third-order valence-corrected chi connectivity index (χ3v) is 5.75. The van der Waals surface area contributed by atoms with Crippen molar-refractivity contribution in [3.8, 4) is 11.6 Å². The molecule has 0 spiro atoms. The Morgan fingerprint density at radius 1 is 1.24 bits per heavy atom. The average molecular weight is 402 g/mol. The quantitative estimate of drug-likeness (QED) is 0.715. The minimum absolute atomic E-state index is 0.0701. The van der Waals surface area contributed by atoms with E-state index in [0.29, 0.717) is 37.8 Å². The van der Waals surface area contributed by atoms with Crippen molar-refractivity contribution in [2.45, 2.75) is 37.7 Å². The Balaban J connectivity index is 1.29. The molecule has 5 rings (SSSR count). The van der Waals surface area contributed by atoms with Crippen LogP contribution in [0, 0.1) is 11.6 Å². The lowest BCUT2D eigenvalue weighted by molar-refractivity contribution is -0.0534. The number of aromatic nitrogens is 4. The number of ether oxygens (including phenoxy) is 1. The van der Waals surface area contributed by atoms with Crippen molar-refractivity contribution in [1.82, 2.24) is 24.6 Å². The van der Waals surface area contributed by atoms with E-state index in [4.69, 9.17) is 15.0 Å². The van der Waals surface area contributed by atoms with Gasteiger partial charge < -0.3 is 19.6 Å². The fraction of sp³-hybridized carbons (Fsp3) is 0.421. The minimum atomic E-state index is -0.658. The molecule has 0 unspecified atom stereocenters. The van der Waals surface area contributed by atoms with Gasteiger partial charge in [-0.15, -0.1) is 0 Å². The molecule has 2 aromatic heterocycles. The summed E-state index contributed by atoms with van der Waals surface area (Å²) in [5, 5.41) is 3.85. The van der Waals surface area contributed by atoms with Gasteiger partial charge in [0, 0.05) is 37.8 Å². The highest BCUT2D eigenvalue weighted by Gasteiger charge is 2.38. The smallest absolute Gasteiger partial charge is 0.238 e. The summed E-state index contributed by atoms with van der Waals surface area (Å²) in [6, 6.07) is 3.00. The number of imidazole rings is 1. The molecule has 2 N–H and O–H groups in total. The second-order valence-corrected chi connectivity index (χ2v) is 7.52. The molecular formula is C19H20F2N6O2. The summed E-state index contributed by atoms with van der Waals surface area (Å²) >= 11 is 0. The highest BCUT2D eigenvalue weighted by Crippen LogP contribution is 2.34. The van der Waals surface area contributed by atoms with Crippen LogP contribution in [-0.2, 0) is 24.9 Å². The standard InChI is InChI=1S/C19H20F2N6O2/c1-26-16-7-27(6-15(16)24-19(26)18-23-9-29-25-18)11-5-14(22)17(28-8-11)12-4-10(20)2-3-13(12)21/h2-4,9,11,14,17H,5-8,22H2,1H3/t11-,14+,17-/m1/s1. The molecule has 0 radical (unpaired) electrons. The average Bonchev–Trinajstić information content (AvgIpc) is 3.42. The number of nitrogens with two attached hydrogens (primary N) is 1. The van der Waals surface area contributed by atoms with E-state index in [1.54, 1.807) is 0 Å². The van der Waals surface area contributed by atoms with E-state index in [-0.39, 0.29) is 11.6 Å². The second-order valence-electron chi connectivity index (χ2n) is 7.52. The van der Waals surface area contributed by atoms with Gasteiger partial charge in [0.1, 0.15) is 17.7 Å². The van der Waals surface area contributed by atoms with Crippen molar-refractivity contribution in [3.63, 3.8) is 0 Å². The summed E-state index contributed by atoms with van der Waals surface area (Å²) in [7, 11) is 1.92. The molecule has 3 atom stereocenters. The van der Waals surface area contributed by atoms with Gasteiger partial charge in [-0.3, -0.25) is 4.90 Å². The van der Waals surface area contributed by atoms with E-state index in [1.807, 2.05) is 11.6 Å². The SMILES string of the molecule is Cn1c(-c2ncon2)nc2c1CN([C@H]1CO[C@H](c3cc(F)ccc3F)[C@@H](N)C1)C2. The molecule has 29 heavy (non-hydrogen) atoms. The summed E-state index contributed by atoms with van der Waals surface area (Å²) < 4.78 is 40.3. The van der Waals surface area contributed by atoms with Crippen LogP contribution in [0.1, 0.15) is 29.5 Å². The van der Waals surface area contributed by atoms with Crippen molar-refractivity contribution >= 4 is 0 Å². The molecule has 10 heteroatoms. The fourth-order valence-electron chi connectivity index (χ4n) is 4.23. The number of fused-ring (bicyclic) bond motifs is 1. The second kappa shape index (κ2) is 6.97. The Bertz CT molecular complexity index is 1040. The first-order chi connectivity index (χ1) is 14.0. The van der Waals surface area contributed by atoms with Crippen LogP contribution in [0.25, 0.3) is 11.6 Å². The topological polar surface area (TPSA) is 95.2 Å². The molecule has 4 heterocycles. The lowest BCUT2D eigenvalue weighted by Gasteiger charge is -2.38. The van der Waals surface area contributed by atoms with Crippen molar-refractivity contribution < 1.29 is 18.0 Å². The zero-order valence-corrected chi connectivity index (χ0v) is 15.8. The normalized spacial score (nSPS) is 24.8. The molecule has 1 aromatic carbocycles. The molecule has 8 nitrogen and oxygen atoms in total. The van der Waals surface area contributed by atoms with Crippen LogP contribution in [0.2, 0.25) is 0 Å². The number of halogens is 2. The lowest BCUT2D eigenvalue weighted by atomic mass is 9.93. The Morgan fingerprint density at radius 2 is 2.10 bits per heavy atom. The maximum atomic E-state index is 14.1. The first kappa shape index (κ1) is 18.3. The predicted octanol–water partition coefficient (Wildman–Crippen LogP) is 1.92. The first-order valence-corrected chi connectivity index (χ1v) is 9.38. The van der Waals surface area contributed by atoms with Crippen LogP contribution in [0.5, 0.6) is 0 Å². The summed E-state index contributed by atoms with van der Waals surface area (Å²) in [6.07, 6.45) is 1.24. The van der Waals surface area contributed by atoms with Gasteiger partial charge in [0.2, 0.25) is 12.2 Å². The molecule has 0 amide bonds. The molecular weight excluding hydrogens is 382 g/mol. The fourth-order valence-corrected chi connectivity index (χ4v) is 4.23. The van der Waals surface area contributed by atoms with Gasteiger partial charge in [-0.25, -0.2) is 13.8 Å². The van der Waals surface area contributed by atoms with E-state index in [1.165, 1.54) is 6.39 Å². The van der Waals surface area contributed by atoms with Gasteiger partial charge in [-0.1, -0.05) is 5.16 Å². The van der Waals surface area contributed by atoms with Gasteiger partial charge in [0.15, 0.2) is 5.82 Å². The van der Waals surface area contributed by atoms with Crippen molar-refractivity contribution in [1.29, 1.82) is 0 Å². The van der Waals surface area contributed by atoms with Gasteiger partial charge in [-0.2, -0.15) is 4.98 Å². The molecule has 0 bridgehead atoms. The Kier molecular flexibility index (Phi) is 4.41. The Hall–Kier alpha value is -2.69. The maximum absolute atomic E-state index is 14.1. The number of benzene rings is 1. The van der Waals surface area contributed by atoms with Crippen LogP contribution >= 0.6 is 0 Å². The van der Waals surface area contributed by atoms with E-state index >= 15 is 0 Å². The number of hydrogen-bond donors (Lipinski definition) is 1. The Morgan fingerprint density at radius 3 is 2.83 bits per heavy atom. The van der Waals surface area contributed by atoms with Crippen molar-refractivity contribution in [2.24, 2.45) is 12.8 Å². The molecule has 0 saturated carbocycles. The third kappa shape index (κ3) is 3.13. The molecule has 2 aliphatic rings. The highest BCUT2D eigenvalue weighted by atomic mass is 19.1. The van der Waals surface area contributed by atoms with Crippen LogP contribution in [0.4, 0.5) is 8.78 Å². The van der Waals surface area contributed by atoms with E-state index in [2.05, 4.69) is 20.0 Å². The zero-order valence-electron chi connectivity index (χ0n) is 15.8. The van der Waals surface area contributed by atoms with Gasteiger partial charge in [0.25, 0.3) is 0 Å². The number of rotatable bonds is 3. The van der Waals surface area contributed by atoms with E-state index < -0.39 is 23.8 Å². The molecule has 152 valence electrons. The van der Waals surface area contributed by atoms with Gasteiger partial charge in [0.05, 0.1) is 18.0 Å². The van der Waals surface area contributed by atoms with Crippen LogP contribution in [0.15, 0.2) is 29.1 Å². The molecule has 1 saturated heterocycles. The van der Waals surface area contributed by atoms with Gasteiger partial charge in [-0.05, 0) is 24.6 Å². The zero-order chi connectivity index (χ0) is 20.1. The van der Waals surface area contributed by atoms with Crippen molar-refractivity contribution in [3.05, 3.63) is 53.2 Å². The van der Waals surface area contributed by atoms with Crippen LogP contribution < -0.4 is 5.73 Å². The summed E-state index contributed by atoms with van der Waals surface area (Å²) in [4.78, 5) is 11.0. The minimum Gasteiger partial charge on any atom is -0.370 e. The van der Waals surface area contributed by atoms with Crippen LogP contribution in [0.3, 0.4) is 0 Å². The third-order valence-electron chi connectivity index (χ3n) is 5.75. The van der Waals surface area contributed by atoms with Gasteiger partial charge >= 0.3 is 0 Å². The number of hydrogen-bond acceptors (Lipinski definition) is 7. The first-order valence-electron chi connectivity index (χ1n) is 9.38. The van der Waals surface area contributed by atoms with Crippen LogP contribution in [-0.4, -0.2) is 43.3 Å². The summed E-state index contributed by atoms with van der Waals surface area (Å²) in [5.41, 5.74) is 8.51. The summed E-state index contributed by atoms with van der Waals surface area (Å²) in [5.74, 6) is 0.118. The van der Waals surface area contributed by atoms with E-state index in [9.17, 15) is 8.78 Å².